The average molecular weight is 232 g/mol. The molecule has 4 heteroatoms. The fourth-order valence-electron chi connectivity index (χ4n) is 1.48. The van der Waals surface area contributed by atoms with Gasteiger partial charge in [0, 0.05) is 23.9 Å². The topological polar surface area (TPSA) is 48.1 Å². The van der Waals surface area contributed by atoms with Gasteiger partial charge in [-0.3, -0.25) is 0 Å². The van der Waals surface area contributed by atoms with Crippen LogP contribution in [-0.2, 0) is 0 Å². The van der Waals surface area contributed by atoms with E-state index in [2.05, 4.69) is 4.98 Å². The van der Waals surface area contributed by atoms with Crippen molar-refractivity contribution < 1.29 is 9.13 Å². The van der Waals surface area contributed by atoms with Crippen LogP contribution >= 0.6 is 0 Å². The Morgan fingerprint density at radius 1 is 1.29 bits per heavy atom. The van der Waals surface area contributed by atoms with E-state index < -0.39 is 0 Å². The third-order valence-corrected chi connectivity index (χ3v) is 2.30. The van der Waals surface area contributed by atoms with E-state index in [-0.39, 0.29) is 11.9 Å². The first-order valence-corrected chi connectivity index (χ1v) is 5.31. The van der Waals surface area contributed by atoms with Gasteiger partial charge >= 0.3 is 0 Å². The summed E-state index contributed by atoms with van der Waals surface area (Å²) >= 11 is 0. The lowest BCUT2D eigenvalue weighted by Gasteiger charge is -2.11. The Morgan fingerprint density at radius 2 is 2.12 bits per heavy atom. The zero-order chi connectivity index (χ0) is 12.3. The Bertz CT molecular complexity index is 514. The second-order valence-electron chi connectivity index (χ2n) is 3.75. The van der Waals surface area contributed by atoms with Gasteiger partial charge < -0.3 is 10.5 Å². The summed E-state index contributed by atoms with van der Waals surface area (Å²) in [6.07, 6.45) is 1.61. The number of benzene rings is 1. The van der Waals surface area contributed by atoms with Gasteiger partial charge in [-0.2, -0.15) is 0 Å². The van der Waals surface area contributed by atoms with Gasteiger partial charge in [-0.1, -0.05) is 12.1 Å². The van der Waals surface area contributed by atoms with Crippen molar-refractivity contribution in [1.29, 1.82) is 0 Å². The van der Waals surface area contributed by atoms with Crippen molar-refractivity contribution in [1.82, 2.24) is 4.98 Å². The van der Waals surface area contributed by atoms with Gasteiger partial charge in [-0.25, -0.2) is 9.37 Å². The van der Waals surface area contributed by atoms with Crippen molar-refractivity contribution in [2.24, 2.45) is 5.73 Å². The highest BCUT2D eigenvalue weighted by Gasteiger charge is 2.09. The molecule has 0 unspecified atom stereocenters. The Hall–Kier alpha value is -1.94. The van der Waals surface area contributed by atoms with Crippen molar-refractivity contribution in [2.45, 2.75) is 13.0 Å². The molecule has 1 aromatic heterocycles. The van der Waals surface area contributed by atoms with Gasteiger partial charge in [-0.05, 0) is 25.1 Å². The molecule has 0 spiro atoms. The molecule has 0 radical (unpaired) electrons. The Morgan fingerprint density at radius 3 is 2.82 bits per heavy atom. The van der Waals surface area contributed by atoms with E-state index in [0.29, 0.717) is 11.6 Å². The molecule has 1 atom stereocenters. The zero-order valence-corrected chi connectivity index (χ0v) is 9.43. The van der Waals surface area contributed by atoms with Gasteiger partial charge in [0.25, 0.3) is 0 Å². The SMILES string of the molecule is C[C@@H](N)c1cccnc1Oc1cccc(F)c1. The van der Waals surface area contributed by atoms with Gasteiger partial charge in [0.1, 0.15) is 11.6 Å². The Balaban J connectivity index is 2.30. The smallest absolute Gasteiger partial charge is 0.223 e. The fourth-order valence-corrected chi connectivity index (χ4v) is 1.48. The number of hydrogen-bond acceptors (Lipinski definition) is 3. The number of hydrogen-bond donors (Lipinski definition) is 1. The van der Waals surface area contributed by atoms with E-state index in [9.17, 15) is 4.39 Å². The van der Waals surface area contributed by atoms with Crippen molar-refractivity contribution in [3.05, 3.63) is 54.0 Å². The molecule has 1 aromatic carbocycles. The number of nitrogens with two attached hydrogens (primary N) is 1. The van der Waals surface area contributed by atoms with Gasteiger partial charge in [0.2, 0.25) is 5.88 Å². The number of aromatic nitrogens is 1. The molecule has 1 heterocycles. The molecule has 0 saturated carbocycles. The quantitative estimate of drug-likeness (QED) is 0.884. The molecular formula is C13H13FN2O. The molecule has 0 aliphatic rings. The Labute approximate surface area is 99.1 Å². The molecule has 0 aliphatic heterocycles. The third kappa shape index (κ3) is 2.79. The second-order valence-corrected chi connectivity index (χ2v) is 3.75. The first kappa shape index (κ1) is 11.5. The molecule has 0 amide bonds. The monoisotopic (exact) mass is 232 g/mol. The summed E-state index contributed by atoms with van der Waals surface area (Å²) in [4.78, 5) is 4.10. The summed E-state index contributed by atoms with van der Waals surface area (Å²) in [5, 5.41) is 0. The predicted octanol–water partition coefficient (Wildman–Crippen LogP) is 3.03. The van der Waals surface area contributed by atoms with Crippen molar-refractivity contribution in [2.75, 3.05) is 0 Å². The number of nitrogens with zero attached hydrogens (tertiary/aromatic N) is 1. The molecule has 17 heavy (non-hydrogen) atoms. The van der Waals surface area contributed by atoms with Crippen LogP contribution in [-0.4, -0.2) is 4.98 Å². The molecule has 2 rings (SSSR count). The molecular weight excluding hydrogens is 219 g/mol. The third-order valence-electron chi connectivity index (χ3n) is 2.30. The lowest BCUT2D eigenvalue weighted by Crippen LogP contribution is -2.07. The normalized spacial score (nSPS) is 12.2. The maximum absolute atomic E-state index is 13.0. The maximum atomic E-state index is 13.0. The van der Waals surface area contributed by atoms with Crippen LogP contribution in [0.2, 0.25) is 0 Å². The summed E-state index contributed by atoms with van der Waals surface area (Å²) in [5.41, 5.74) is 6.59. The van der Waals surface area contributed by atoms with E-state index in [1.165, 1.54) is 12.1 Å². The highest BCUT2D eigenvalue weighted by molar-refractivity contribution is 5.33. The minimum absolute atomic E-state index is 0.188. The lowest BCUT2D eigenvalue weighted by atomic mass is 10.1. The van der Waals surface area contributed by atoms with Crippen LogP contribution in [0, 0.1) is 5.82 Å². The zero-order valence-electron chi connectivity index (χ0n) is 9.43. The lowest BCUT2D eigenvalue weighted by molar-refractivity contribution is 0.448. The molecule has 2 N–H and O–H groups in total. The van der Waals surface area contributed by atoms with Crippen molar-refractivity contribution >= 4 is 0 Å². The second kappa shape index (κ2) is 4.93. The van der Waals surface area contributed by atoms with E-state index in [0.717, 1.165) is 5.56 Å². The van der Waals surface area contributed by atoms with Crippen LogP contribution in [0.15, 0.2) is 42.6 Å². The van der Waals surface area contributed by atoms with Crippen molar-refractivity contribution in [3.8, 4) is 11.6 Å². The molecule has 0 aliphatic carbocycles. The fraction of sp³-hybridized carbons (Fsp3) is 0.154. The summed E-state index contributed by atoms with van der Waals surface area (Å²) in [5.74, 6) is 0.472. The van der Waals surface area contributed by atoms with E-state index >= 15 is 0 Å². The maximum Gasteiger partial charge on any atom is 0.223 e. The molecule has 3 nitrogen and oxygen atoms in total. The number of rotatable bonds is 3. The van der Waals surface area contributed by atoms with Crippen molar-refractivity contribution in [3.63, 3.8) is 0 Å². The number of halogens is 1. The highest BCUT2D eigenvalue weighted by atomic mass is 19.1. The van der Waals surface area contributed by atoms with Crippen LogP contribution in [0.25, 0.3) is 0 Å². The summed E-state index contributed by atoms with van der Waals surface area (Å²) in [7, 11) is 0. The van der Waals surface area contributed by atoms with E-state index in [4.69, 9.17) is 10.5 Å². The number of pyridine rings is 1. The van der Waals surface area contributed by atoms with E-state index in [1.54, 1.807) is 24.4 Å². The van der Waals surface area contributed by atoms with Crippen LogP contribution in [0.3, 0.4) is 0 Å². The van der Waals surface area contributed by atoms with Crippen LogP contribution in [0.1, 0.15) is 18.5 Å². The van der Waals surface area contributed by atoms with Crippen LogP contribution in [0.5, 0.6) is 11.6 Å². The molecule has 0 saturated heterocycles. The molecule has 2 aromatic rings. The first-order valence-electron chi connectivity index (χ1n) is 5.31. The first-order chi connectivity index (χ1) is 8.16. The minimum Gasteiger partial charge on any atom is -0.439 e. The number of ether oxygens (including phenoxy) is 1. The van der Waals surface area contributed by atoms with Gasteiger partial charge in [0.05, 0.1) is 0 Å². The molecule has 0 bridgehead atoms. The molecule has 88 valence electrons. The predicted molar refractivity (Wildman–Crippen MR) is 63.3 cm³/mol. The summed E-state index contributed by atoms with van der Waals surface area (Å²) < 4.78 is 18.5. The summed E-state index contributed by atoms with van der Waals surface area (Å²) in [6.45, 7) is 1.84. The standard InChI is InChI=1S/C13H13FN2O/c1-9(15)12-6-3-7-16-13(12)17-11-5-2-4-10(14)8-11/h2-9H,15H2,1H3/t9-/m1/s1. The minimum atomic E-state index is -0.347. The largest absolute Gasteiger partial charge is 0.439 e. The highest BCUT2D eigenvalue weighted by Crippen LogP contribution is 2.26. The molecule has 0 fully saturated rings. The van der Waals surface area contributed by atoms with E-state index in [1.807, 2.05) is 13.0 Å². The summed E-state index contributed by atoms with van der Waals surface area (Å²) in [6, 6.07) is 9.36. The van der Waals surface area contributed by atoms with Gasteiger partial charge in [0.15, 0.2) is 0 Å². The van der Waals surface area contributed by atoms with Crippen LogP contribution < -0.4 is 10.5 Å². The Kier molecular flexibility index (Phi) is 3.35. The van der Waals surface area contributed by atoms with Crippen LogP contribution in [0.4, 0.5) is 4.39 Å². The average Bonchev–Trinajstić information content (AvgIpc) is 2.29. The van der Waals surface area contributed by atoms with Gasteiger partial charge in [-0.15, -0.1) is 0 Å².